The number of hydrogen-bond acceptors (Lipinski definition) is 3. The van der Waals surface area contributed by atoms with Gasteiger partial charge in [0.1, 0.15) is 0 Å². The van der Waals surface area contributed by atoms with E-state index >= 15 is 0 Å². The third-order valence-electron chi connectivity index (χ3n) is 4.48. The van der Waals surface area contributed by atoms with E-state index in [4.69, 9.17) is 0 Å². The number of benzene rings is 4. The molecule has 0 atom stereocenters. The minimum atomic E-state index is -1.50. The fraction of sp³-hybridized carbons (Fsp3) is 0. The first kappa shape index (κ1) is 16.4. The predicted octanol–water partition coefficient (Wildman–Crippen LogP) is 3.99. The molecule has 2 N–H and O–H groups in total. The van der Waals surface area contributed by atoms with Crippen LogP contribution in [0.2, 0.25) is 0 Å². The molecule has 126 valence electrons. The lowest BCUT2D eigenvalue weighted by molar-refractivity contribution is 0.426. The molecule has 4 rings (SSSR count). The van der Waals surface area contributed by atoms with E-state index in [0.717, 1.165) is 27.8 Å². The second-order valence-electron chi connectivity index (χ2n) is 6.10. The predicted molar refractivity (Wildman–Crippen MR) is 108 cm³/mol. The van der Waals surface area contributed by atoms with E-state index in [1.54, 1.807) is 6.07 Å². The molecule has 0 unspecified atom stereocenters. The largest absolute Gasteiger partial charge is 0.489 e. The van der Waals surface area contributed by atoms with Crippen LogP contribution in [0.3, 0.4) is 0 Å². The normalized spacial score (nSPS) is 10.7. The van der Waals surface area contributed by atoms with Crippen molar-refractivity contribution in [2.75, 3.05) is 4.90 Å². The first-order chi connectivity index (χ1) is 12.8. The zero-order chi connectivity index (χ0) is 17.9. The molecular weight excluding hydrogens is 321 g/mol. The summed E-state index contributed by atoms with van der Waals surface area (Å²) in [5, 5.41) is 21.2. The number of rotatable bonds is 4. The Morgan fingerprint density at radius 3 is 1.58 bits per heavy atom. The molecule has 0 radical (unpaired) electrons. The summed E-state index contributed by atoms with van der Waals surface area (Å²) < 4.78 is 0. The van der Waals surface area contributed by atoms with E-state index in [0.29, 0.717) is 5.46 Å². The molecule has 3 nitrogen and oxygen atoms in total. The van der Waals surface area contributed by atoms with E-state index in [-0.39, 0.29) is 0 Å². The molecule has 0 fully saturated rings. The molecule has 0 saturated carbocycles. The summed E-state index contributed by atoms with van der Waals surface area (Å²) in [6.45, 7) is 0. The molecule has 4 heteroatoms. The molecule has 0 aromatic heterocycles. The first-order valence-corrected chi connectivity index (χ1v) is 8.54. The Morgan fingerprint density at radius 2 is 1.04 bits per heavy atom. The van der Waals surface area contributed by atoms with Crippen LogP contribution >= 0.6 is 0 Å². The van der Waals surface area contributed by atoms with Gasteiger partial charge < -0.3 is 14.9 Å². The van der Waals surface area contributed by atoms with Crippen LogP contribution in [0, 0.1) is 0 Å². The van der Waals surface area contributed by atoms with Gasteiger partial charge in [-0.2, -0.15) is 0 Å². The van der Waals surface area contributed by atoms with E-state index < -0.39 is 7.12 Å². The van der Waals surface area contributed by atoms with Crippen molar-refractivity contribution < 1.29 is 10.0 Å². The summed E-state index contributed by atoms with van der Waals surface area (Å²) in [6.07, 6.45) is 0. The zero-order valence-electron chi connectivity index (χ0n) is 14.2. The highest BCUT2D eigenvalue weighted by Gasteiger charge is 2.20. The van der Waals surface area contributed by atoms with Crippen LogP contribution in [-0.4, -0.2) is 17.2 Å². The van der Waals surface area contributed by atoms with Crippen molar-refractivity contribution in [3.8, 4) is 0 Å². The number of nitrogens with zero attached hydrogens (tertiary/aromatic N) is 1. The highest BCUT2D eigenvalue weighted by atomic mass is 16.4. The number of para-hydroxylation sites is 2. The first-order valence-electron chi connectivity index (χ1n) is 8.54. The van der Waals surface area contributed by atoms with Crippen LogP contribution in [0.4, 0.5) is 17.1 Å². The Bertz CT molecular complexity index is 980. The molecule has 0 heterocycles. The summed E-state index contributed by atoms with van der Waals surface area (Å²) in [6, 6.07) is 31.8. The molecule has 0 aliphatic rings. The smallest absolute Gasteiger partial charge is 0.423 e. The van der Waals surface area contributed by atoms with Crippen molar-refractivity contribution in [2.24, 2.45) is 0 Å². The van der Waals surface area contributed by atoms with Crippen LogP contribution in [-0.2, 0) is 0 Å². The van der Waals surface area contributed by atoms with Gasteiger partial charge >= 0.3 is 7.12 Å². The van der Waals surface area contributed by atoms with Crippen LogP contribution in [0.5, 0.6) is 0 Å². The molecule has 0 aliphatic heterocycles. The fourth-order valence-corrected chi connectivity index (χ4v) is 3.31. The molecule has 4 aromatic carbocycles. The topological polar surface area (TPSA) is 43.7 Å². The molecule has 0 saturated heterocycles. The highest BCUT2D eigenvalue weighted by molar-refractivity contribution is 6.62. The Balaban J connectivity index is 2.00. The van der Waals surface area contributed by atoms with Gasteiger partial charge in [-0.25, -0.2) is 0 Å². The number of fused-ring (bicyclic) bond motifs is 1. The highest BCUT2D eigenvalue weighted by Crippen LogP contribution is 2.37. The van der Waals surface area contributed by atoms with E-state index in [9.17, 15) is 10.0 Å². The van der Waals surface area contributed by atoms with Gasteiger partial charge in [0.05, 0.1) is 5.69 Å². The maximum atomic E-state index is 9.73. The van der Waals surface area contributed by atoms with Crippen molar-refractivity contribution in [2.45, 2.75) is 0 Å². The Morgan fingerprint density at radius 1 is 0.538 bits per heavy atom. The standard InChI is InChI=1S/C22H18BNO2/c25-23(26)21-15-16-22(20-14-8-7-13-19(20)21)24(17-9-3-1-4-10-17)18-11-5-2-6-12-18/h1-16,25-26H. The maximum absolute atomic E-state index is 9.73. The lowest BCUT2D eigenvalue weighted by atomic mass is 9.77. The average Bonchev–Trinajstić information content (AvgIpc) is 2.70. The van der Waals surface area contributed by atoms with Crippen molar-refractivity contribution in [1.29, 1.82) is 0 Å². The summed E-state index contributed by atoms with van der Waals surface area (Å²) in [7, 11) is -1.50. The summed E-state index contributed by atoms with van der Waals surface area (Å²) in [5.74, 6) is 0. The maximum Gasteiger partial charge on any atom is 0.489 e. The minimum absolute atomic E-state index is 0.505. The van der Waals surface area contributed by atoms with Crippen LogP contribution in [0.15, 0.2) is 97.1 Å². The lowest BCUT2D eigenvalue weighted by Crippen LogP contribution is -2.30. The van der Waals surface area contributed by atoms with Gasteiger partial charge in [0.25, 0.3) is 0 Å². The third kappa shape index (κ3) is 2.97. The molecule has 0 bridgehead atoms. The molecule has 26 heavy (non-hydrogen) atoms. The van der Waals surface area contributed by atoms with Gasteiger partial charge in [0, 0.05) is 16.8 Å². The van der Waals surface area contributed by atoms with E-state index in [1.807, 2.05) is 66.7 Å². The lowest BCUT2D eigenvalue weighted by Gasteiger charge is -2.27. The number of hydrogen-bond donors (Lipinski definition) is 2. The van der Waals surface area contributed by atoms with Gasteiger partial charge in [-0.1, -0.05) is 66.7 Å². The van der Waals surface area contributed by atoms with Gasteiger partial charge in [-0.05, 0) is 41.2 Å². The molecule has 4 aromatic rings. The van der Waals surface area contributed by atoms with E-state index in [2.05, 4.69) is 29.2 Å². The van der Waals surface area contributed by atoms with Gasteiger partial charge in [-0.15, -0.1) is 0 Å². The van der Waals surface area contributed by atoms with Gasteiger partial charge in [0.15, 0.2) is 0 Å². The quantitative estimate of drug-likeness (QED) is 0.553. The molecule has 0 amide bonds. The van der Waals surface area contributed by atoms with Crippen LogP contribution < -0.4 is 10.4 Å². The fourth-order valence-electron chi connectivity index (χ4n) is 3.31. The molecular formula is C22H18BNO2. The Hall–Kier alpha value is -3.08. The molecule has 0 spiro atoms. The summed E-state index contributed by atoms with van der Waals surface area (Å²) >= 11 is 0. The third-order valence-corrected chi connectivity index (χ3v) is 4.48. The second kappa shape index (κ2) is 7.04. The van der Waals surface area contributed by atoms with E-state index in [1.165, 1.54) is 0 Å². The Labute approximate surface area is 152 Å². The van der Waals surface area contributed by atoms with Gasteiger partial charge in [-0.3, -0.25) is 0 Å². The van der Waals surface area contributed by atoms with Crippen molar-refractivity contribution >= 4 is 40.4 Å². The van der Waals surface area contributed by atoms with Gasteiger partial charge in [0.2, 0.25) is 0 Å². The Kier molecular flexibility index (Phi) is 4.44. The molecule has 0 aliphatic carbocycles. The SMILES string of the molecule is OB(O)c1ccc(N(c2ccccc2)c2ccccc2)c2ccccc12. The average molecular weight is 339 g/mol. The van der Waals surface area contributed by atoms with Crippen LogP contribution in [0.1, 0.15) is 0 Å². The minimum Gasteiger partial charge on any atom is -0.423 e. The van der Waals surface area contributed by atoms with Crippen molar-refractivity contribution in [1.82, 2.24) is 0 Å². The number of anilines is 3. The van der Waals surface area contributed by atoms with Crippen LogP contribution in [0.25, 0.3) is 10.8 Å². The summed E-state index contributed by atoms with van der Waals surface area (Å²) in [4.78, 5) is 2.18. The summed E-state index contributed by atoms with van der Waals surface area (Å²) in [5.41, 5.74) is 3.58. The van der Waals surface area contributed by atoms with Crippen molar-refractivity contribution in [3.05, 3.63) is 97.1 Å². The monoisotopic (exact) mass is 339 g/mol. The van der Waals surface area contributed by atoms with Crippen molar-refractivity contribution in [3.63, 3.8) is 0 Å². The second-order valence-corrected chi connectivity index (χ2v) is 6.10. The zero-order valence-corrected chi connectivity index (χ0v) is 14.2.